The molecule has 1 aliphatic rings. The van der Waals surface area contributed by atoms with Crippen LogP contribution in [0.25, 0.3) is 0 Å². The molecule has 0 amide bonds. The van der Waals surface area contributed by atoms with E-state index in [-0.39, 0.29) is 0 Å². The number of nitrogens with zero attached hydrogens (tertiary/aromatic N) is 1. The van der Waals surface area contributed by atoms with Crippen molar-refractivity contribution in [2.45, 2.75) is 32.2 Å². The maximum absolute atomic E-state index is 3.86. The van der Waals surface area contributed by atoms with E-state index in [0.717, 1.165) is 23.0 Å². The van der Waals surface area contributed by atoms with Gasteiger partial charge in [-0.15, -0.1) is 0 Å². The van der Waals surface area contributed by atoms with Crippen molar-refractivity contribution < 1.29 is 0 Å². The van der Waals surface area contributed by atoms with Crippen LogP contribution in [-0.4, -0.2) is 24.5 Å². The van der Waals surface area contributed by atoms with E-state index in [9.17, 15) is 0 Å². The van der Waals surface area contributed by atoms with E-state index in [1.165, 1.54) is 19.3 Å². The van der Waals surface area contributed by atoms with Gasteiger partial charge < -0.3 is 0 Å². The molecule has 0 N–H and O–H groups in total. The zero-order valence-corrected chi connectivity index (χ0v) is 9.60. The van der Waals surface area contributed by atoms with Gasteiger partial charge in [0.05, 0.1) is 0 Å². The van der Waals surface area contributed by atoms with Crippen LogP contribution < -0.4 is 0 Å². The summed E-state index contributed by atoms with van der Waals surface area (Å²) in [4.78, 5) is 2.40. The molecule has 0 spiro atoms. The van der Waals surface area contributed by atoms with Gasteiger partial charge in [0.25, 0.3) is 0 Å². The van der Waals surface area contributed by atoms with Gasteiger partial charge in [0.15, 0.2) is 0 Å². The van der Waals surface area contributed by atoms with Gasteiger partial charge in [-0.1, -0.05) is 29.4 Å². The van der Waals surface area contributed by atoms with E-state index in [1.54, 1.807) is 0 Å². The molecule has 70 valence electrons. The molecule has 12 heavy (non-hydrogen) atoms. The van der Waals surface area contributed by atoms with Crippen LogP contribution in [0.1, 0.15) is 26.2 Å². The maximum atomic E-state index is 3.86. The minimum Gasteiger partial charge on any atom is -0.299 e. The summed E-state index contributed by atoms with van der Waals surface area (Å²) < 4.78 is 1.09. The van der Waals surface area contributed by atoms with Crippen LogP contribution in [0.4, 0.5) is 0 Å². The molecule has 0 aromatic carbocycles. The van der Waals surface area contributed by atoms with Crippen molar-refractivity contribution in [3.8, 4) is 0 Å². The molecule has 0 bridgehead atoms. The Morgan fingerprint density at radius 2 is 2.25 bits per heavy atom. The highest BCUT2D eigenvalue weighted by atomic mass is 79.9. The Bertz CT molecular complexity index is 167. The Hall–Kier alpha value is 0.180. The lowest BCUT2D eigenvalue weighted by atomic mass is 10.1. The van der Waals surface area contributed by atoms with Gasteiger partial charge in [0.1, 0.15) is 0 Å². The van der Waals surface area contributed by atoms with Crippen molar-refractivity contribution in [3.63, 3.8) is 0 Å². The first kappa shape index (κ1) is 10.3. The Balaban J connectivity index is 2.32. The molecule has 0 radical (unpaired) electrons. The highest BCUT2D eigenvalue weighted by Gasteiger charge is 2.24. The Labute approximate surface area is 84.0 Å². The molecule has 1 nitrogen and oxygen atoms in total. The van der Waals surface area contributed by atoms with Gasteiger partial charge >= 0.3 is 0 Å². The van der Waals surface area contributed by atoms with Crippen LogP contribution in [0.15, 0.2) is 11.1 Å². The molecule has 1 rings (SSSR count). The molecule has 0 aromatic heterocycles. The van der Waals surface area contributed by atoms with E-state index in [1.807, 2.05) is 0 Å². The normalized spacial score (nSPS) is 29.7. The number of hydrogen-bond donors (Lipinski definition) is 0. The molecule has 1 fully saturated rings. The number of hydrogen-bond acceptors (Lipinski definition) is 1. The summed E-state index contributed by atoms with van der Waals surface area (Å²) in [6.07, 6.45) is 4.11. The molecule has 0 aliphatic heterocycles. The third-order valence-corrected chi connectivity index (χ3v) is 2.96. The first-order valence-electron chi connectivity index (χ1n) is 4.63. The van der Waals surface area contributed by atoms with E-state index < -0.39 is 0 Å². The van der Waals surface area contributed by atoms with Gasteiger partial charge in [-0.25, -0.2) is 0 Å². The Morgan fingerprint density at radius 3 is 2.67 bits per heavy atom. The van der Waals surface area contributed by atoms with Gasteiger partial charge in [-0.3, -0.25) is 4.90 Å². The SMILES string of the molecule is C=C(Br)CN(C)C1CCC(C)C1. The Kier molecular flexibility index (Phi) is 3.78. The van der Waals surface area contributed by atoms with Gasteiger partial charge in [0.2, 0.25) is 0 Å². The minimum atomic E-state index is 0.786. The Morgan fingerprint density at radius 1 is 1.58 bits per heavy atom. The summed E-state index contributed by atoms with van der Waals surface area (Å²) in [5, 5.41) is 0. The summed E-state index contributed by atoms with van der Waals surface area (Å²) in [6, 6.07) is 0.786. The molecule has 2 atom stereocenters. The molecular weight excluding hydrogens is 214 g/mol. The topological polar surface area (TPSA) is 3.24 Å². The average Bonchev–Trinajstić information content (AvgIpc) is 2.34. The predicted octanol–water partition coefficient (Wildman–Crippen LogP) is 3.02. The molecule has 0 heterocycles. The van der Waals surface area contributed by atoms with Gasteiger partial charge in [0, 0.05) is 17.1 Å². The third kappa shape index (κ3) is 2.91. The van der Waals surface area contributed by atoms with Crippen LogP contribution in [0.5, 0.6) is 0 Å². The van der Waals surface area contributed by atoms with Crippen LogP contribution in [-0.2, 0) is 0 Å². The molecule has 2 unspecified atom stereocenters. The lowest BCUT2D eigenvalue weighted by molar-refractivity contribution is 0.264. The molecular formula is C10H18BrN. The van der Waals surface area contributed by atoms with Crippen molar-refractivity contribution in [1.29, 1.82) is 0 Å². The number of rotatable bonds is 3. The second-order valence-corrected chi connectivity index (χ2v) is 5.13. The van der Waals surface area contributed by atoms with Gasteiger partial charge in [-0.05, 0) is 32.2 Å². The fourth-order valence-electron chi connectivity index (χ4n) is 1.98. The van der Waals surface area contributed by atoms with E-state index in [4.69, 9.17) is 0 Å². The first-order valence-corrected chi connectivity index (χ1v) is 5.42. The number of halogens is 1. The number of likely N-dealkylation sites (N-methyl/N-ethyl adjacent to an activating group) is 1. The standard InChI is InChI=1S/C10H18BrN/c1-8-4-5-10(6-8)12(3)7-9(2)11/h8,10H,2,4-7H2,1,3H3. The third-order valence-electron chi connectivity index (χ3n) is 2.71. The quantitative estimate of drug-likeness (QED) is 0.723. The highest BCUT2D eigenvalue weighted by Crippen LogP contribution is 2.28. The van der Waals surface area contributed by atoms with Crippen LogP contribution in [0.2, 0.25) is 0 Å². The summed E-state index contributed by atoms with van der Waals surface area (Å²) in [5.41, 5.74) is 0. The van der Waals surface area contributed by atoms with Crippen molar-refractivity contribution >= 4 is 15.9 Å². The summed E-state index contributed by atoms with van der Waals surface area (Å²) in [6.45, 7) is 7.19. The van der Waals surface area contributed by atoms with Crippen LogP contribution in [0, 0.1) is 5.92 Å². The second-order valence-electron chi connectivity index (χ2n) is 4.00. The fourth-order valence-corrected chi connectivity index (χ4v) is 2.37. The minimum absolute atomic E-state index is 0.786. The molecule has 0 saturated heterocycles. The van der Waals surface area contributed by atoms with Crippen molar-refractivity contribution in [1.82, 2.24) is 4.90 Å². The van der Waals surface area contributed by atoms with Crippen LogP contribution in [0.3, 0.4) is 0 Å². The van der Waals surface area contributed by atoms with Crippen molar-refractivity contribution in [3.05, 3.63) is 11.1 Å². The van der Waals surface area contributed by atoms with E-state index in [0.29, 0.717) is 0 Å². The van der Waals surface area contributed by atoms with Crippen molar-refractivity contribution in [2.75, 3.05) is 13.6 Å². The fraction of sp³-hybridized carbons (Fsp3) is 0.800. The van der Waals surface area contributed by atoms with Crippen LogP contribution >= 0.6 is 15.9 Å². The summed E-state index contributed by atoms with van der Waals surface area (Å²) in [5.74, 6) is 0.918. The zero-order valence-electron chi connectivity index (χ0n) is 8.02. The molecule has 1 saturated carbocycles. The van der Waals surface area contributed by atoms with Crippen molar-refractivity contribution in [2.24, 2.45) is 5.92 Å². The summed E-state index contributed by atoms with van der Waals surface area (Å²) >= 11 is 3.40. The lowest BCUT2D eigenvalue weighted by Crippen LogP contribution is -2.30. The molecule has 0 aromatic rings. The largest absolute Gasteiger partial charge is 0.299 e. The zero-order chi connectivity index (χ0) is 9.14. The first-order chi connectivity index (χ1) is 5.59. The average molecular weight is 232 g/mol. The molecule has 1 aliphatic carbocycles. The second kappa shape index (κ2) is 4.43. The highest BCUT2D eigenvalue weighted by molar-refractivity contribution is 9.11. The predicted molar refractivity (Wildman–Crippen MR) is 57.5 cm³/mol. The van der Waals surface area contributed by atoms with Gasteiger partial charge in [-0.2, -0.15) is 0 Å². The van der Waals surface area contributed by atoms with E-state index >= 15 is 0 Å². The lowest BCUT2D eigenvalue weighted by Gasteiger charge is -2.23. The summed E-state index contributed by atoms with van der Waals surface area (Å²) in [7, 11) is 2.19. The molecule has 2 heteroatoms. The smallest absolute Gasteiger partial charge is 0.0293 e. The van der Waals surface area contributed by atoms with E-state index in [2.05, 4.69) is 41.4 Å². The maximum Gasteiger partial charge on any atom is 0.0293 e. The monoisotopic (exact) mass is 231 g/mol.